The number of carbonyl (C=O) groups is 1. The highest BCUT2D eigenvalue weighted by molar-refractivity contribution is 5.73. The number of nitrogens with zero attached hydrogens (tertiary/aromatic N) is 1. The molecule has 1 aromatic carbocycles. The molecule has 0 spiro atoms. The fourth-order valence-corrected chi connectivity index (χ4v) is 1.29. The van der Waals surface area contributed by atoms with Crippen LogP contribution in [-0.4, -0.2) is 31.6 Å². The lowest BCUT2D eigenvalue weighted by atomic mass is 10.1. The molecule has 15 heavy (non-hydrogen) atoms. The van der Waals surface area contributed by atoms with Gasteiger partial charge in [0, 0.05) is 20.6 Å². The van der Waals surface area contributed by atoms with Crippen LogP contribution in [0.3, 0.4) is 0 Å². The topological polar surface area (TPSA) is 32.3 Å². The Bertz CT molecular complexity index is 296. The normalized spacial score (nSPS) is 9.73. The summed E-state index contributed by atoms with van der Waals surface area (Å²) >= 11 is 0. The van der Waals surface area contributed by atoms with Gasteiger partial charge >= 0.3 is 6.03 Å². The Morgan fingerprint density at radius 1 is 1.27 bits per heavy atom. The lowest BCUT2D eigenvalue weighted by Crippen LogP contribution is -2.35. The molecular weight excluding hydrogens is 188 g/mol. The Morgan fingerprint density at radius 2 is 1.93 bits per heavy atom. The maximum absolute atomic E-state index is 11.2. The second-order valence-electron chi connectivity index (χ2n) is 3.72. The monoisotopic (exact) mass is 206 g/mol. The Hall–Kier alpha value is -1.51. The van der Waals surface area contributed by atoms with Crippen LogP contribution in [0.4, 0.5) is 4.79 Å². The van der Waals surface area contributed by atoms with Crippen LogP contribution in [0.2, 0.25) is 0 Å². The van der Waals surface area contributed by atoms with Gasteiger partial charge in [0.05, 0.1) is 0 Å². The van der Waals surface area contributed by atoms with E-state index in [9.17, 15) is 4.79 Å². The van der Waals surface area contributed by atoms with E-state index < -0.39 is 0 Å². The first kappa shape index (κ1) is 11.6. The van der Waals surface area contributed by atoms with Crippen molar-refractivity contribution in [2.75, 3.05) is 20.6 Å². The van der Waals surface area contributed by atoms with Crippen LogP contribution in [0, 0.1) is 0 Å². The Kier molecular flexibility index (Phi) is 4.68. The van der Waals surface area contributed by atoms with E-state index in [0.29, 0.717) is 0 Å². The molecule has 3 nitrogen and oxygen atoms in total. The van der Waals surface area contributed by atoms with Gasteiger partial charge in [0.25, 0.3) is 0 Å². The summed E-state index contributed by atoms with van der Waals surface area (Å²) in [5.74, 6) is 0. The number of benzene rings is 1. The molecule has 0 aromatic heterocycles. The number of amides is 2. The van der Waals surface area contributed by atoms with Gasteiger partial charge in [-0.3, -0.25) is 0 Å². The molecular formula is C12H18N2O. The smallest absolute Gasteiger partial charge is 0.316 e. The number of rotatable bonds is 4. The van der Waals surface area contributed by atoms with E-state index in [1.807, 2.05) is 18.2 Å². The van der Waals surface area contributed by atoms with E-state index in [4.69, 9.17) is 0 Å². The third kappa shape index (κ3) is 4.49. The average molecular weight is 206 g/mol. The van der Waals surface area contributed by atoms with Crippen molar-refractivity contribution in [3.8, 4) is 0 Å². The first-order valence-electron chi connectivity index (χ1n) is 5.19. The molecule has 2 amide bonds. The number of carbonyl (C=O) groups excluding carboxylic acids is 1. The second kappa shape index (κ2) is 6.06. The number of aryl methyl sites for hydroxylation is 1. The lowest BCUT2D eigenvalue weighted by molar-refractivity contribution is 0.217. The number of hydrogen-bond acceptors (Lipinski definition) is 1. The number of urea groups is 1. The zero-order valence-electron chi connectivity index (χ0n) is 9.36. The molecule has 0 aliphatic heterocycles. The second-order valence-corrected chi connectivity index (χ2v) is 3.72. The molecule has 1 N–H and O–H groups in total. The summed E-state index contributed by atoms with van der Waals surface area (Å²) in [7, 11) is 3.49. The van der Waals surface area contributed by atoms with Crippen molar-refractivity contribution < 1.29 is 4.79 Å². The van der Waals surface area contributed by atoms with Crippen LogP contribution < -0.4 is 5.32 Å². The number of nitrogens with one attached hydrogen (secondary N) is 1. The van der Waals surface area contributed by atoms with Crippen LogP contribution in [0.1, 0.15) is 12.0 Å². The molecule has 0 saturated carbocycles. The van der Waals surface area contributed by atoms with Gasteiger partial charge in [-0.2, -0.15) is 0 Å². The summed E-state index contributed by atoms with van der Waals surface area (Å²) in [5, 5.41) is 2.84. The van der Waals surface area contributed by atoms with Gasteiger partial charge < -0.3 is 10.2 Å². The highest BCUT2D eigenvalue weighted by Crippen LogP contribution is 2.01. The average Bonchev–Trinajstić information content (AvgIpc) is 2.25. The SMILES string of the molecule is CN(C)C(=O)NCCCc1ccccc1. The van der Waals surface area contributed by atoms with Crippen molar-refractivity contribution in [3.63, 3.8) is 0 Å². The summed E-state index contributed by atoms with van der Waals surface area (Å²) in [6, 6.07) is 10.3. The molecule has 0 saturated heterocycles. The maximum Gasteiger partial charge on any atom is 0.316 e. The van der Waals surface area contributed by atoms with E-state index in [1.165, 1.54) is 5.56 Å². The van der Waals surface area contributed by atoms with Crippen molar-refractivity contribution >= 4 is 6.03 Å². The van der Waals surface area contributed by atoms with E-state index in [-0.39, 0.29) is 6.03 Å². The third-order valence-corrected chi connectivity index (χ3v) is 2.17. The fourth-order valence-electron chi connectivity index (χ4n) is 1.29. The quantitative estimate of drug-likeness (QED) is 0.750. The summed E-state index contributed by atoms with van der Waals surface area (Å²) in [6.45, 7) is 0.728. The van der Waals surface area contributed by atoms with Crippen molar-refractivity contribution in [2.24, 2.45) is 0 Å². The Balaban J connectivity index is 2.15. The summed E-state index contributed by atoms with van der Waals surface area (Å²) in [5.41, 5.74) is 1.32. The zero-order chi connectivity index (χ0) is 11.1. The van der Waals surface area contributed by atoms with E-state index >= 15 is 0 Å². The van der Waals surface area contributed by atoms with Gasteiger partial charge in [-0.05, 0) is 18.4 Å². The molecule has 1 aromatic rings. The summed E-state index contributed by atoms with van der Waals surface area (Å²) in [6.07, 6.45) is 1.98. The minimum Gasteiger partial charge on any atom is -0.338 e. The molecule has 0 aliphatic rings. The molecule has 82 valence electrons. The highest BCUT2D eigenvalue weighted by atomic mass is 16.2. The minimum absolute atomic E-state index is 0.0249. The number of hydrogen-bond donors (Lipinski definition) is 1. The van der Waals surface area contributed by atoms with Crippen molar-refractivity contribution in [2.45, 2.75) is 12.8 Å². The Morgan fingerprint density at radius 3 is 2.53 bits per heavy atom. The standard InChI is InChI=1S/C12H18N2O/c1-14(2)12(15)13-10-6-9-11-7-4-3-5-8-11/h3-5,7-8H,6,9-10H2,1-2H3,(H,13,15). The van der Waals surface area contributed by atoms with E-state index in [2.05, 4.69) is 17.4 Å². The largest absolute Gasteiger partial charge is 0.338 e. The molecule has 0 unspecified atom stereocenters. The highest BCUT2D eigenvalue weighted by Gasteiger charge is 2.00. The van der Waals surface area contributed by atoms with Gasteiger partial charge in [0.2, 0.25) is 0 Å². The summed E-state index contributed by atoms with van der Waals surface area (Å²) in [4.78, 5) is 12.7. The Labute approximate surface area is 91.1 Å². The zero-order valence-corrected chi connectivity index (χ0v) is 9.36. The maximum atomic E-state index is 11.2. The van der Waals surface area contributed by atoms with Gasteiger partial charge in [-0.1, -0.05) is 30.3 Å². The molecule has 0 radical (unpaired) electrons. The van der Waals surface area contributed by atoms with E-state index in [0.717, 1.165) is 19.4 Å². The van der Waals surface area contributed by atoms with Gasteiger partial charge in [-0.25, -0.2) is 4.79 Å². The van der Waals surface area contributed by atoms with E-state index in [1.54, 1.807) is 19.0 Å². The molecule has 3 heteroatoms. The van der Waals surface area contributed by atoms with Crippen molar-refractivity contribution in [1.82, 2.24) is 10.2 Å². The lowest BCUT2D eigenvalue weighted by Gasteiger charge is -2.11. The third-order valence-electron chi connectivity index (χ3n) is 2.17. The first-order chi connectivity index (χ1) is 7.20. The van der Waals surface area contributed by atoms with Crippen LogP contribution in [0.5, 0.6) is 0 Å². The molecule has 0 heterocycles. The minimum atomic E-state index is -0.0249. The predicted molar refractivity (Wildman–Crippen MR) is 61.8 cm³/mol. The van der Waals surface area contributed by atoms with Gasteiger partial charge in [-0.15, -0.1) is 0 Å². The van der Waals surface area contributed by atoms with Gasteiger partial charge in [0.1, 0.15) is 0 Å². The van der Waals surface area contributed by atoms with Crippen LogP contribution in [-0.2, 0) is 6.42 Å². The van der Waals surface area contributed by atoms with Crippen LogP contribution in [0.15, 0.2) is 30.3 Å². The van der Waals surface area contributed by atoms with Crippen molar-refractivity contribution in [1.29, 1.82) is 0 Å². The molecule has 0 fully saturated rings. The molecule has 0 atom stereocenters. The molecule has 0 aliphatic carbocycles. The van der Waals surface area contributed by atoms with Crippen molar-refractivity contribution in [3.05, 3.63) is 35.9 Å². The fraction of sp³-hybridized carbons (Fsp3) is 0.417. The van der Waals surface area contributed by atoms with Gasteiger partial charge in [0.15, 0.2) is 0 Å². The summed E-state index contributed by atoms with van der Waals surface area (Å²) < 4.78 is 0. The first-order valence-corrected chi connectivity index (χ1v) is 5.19. The molecule has 0 bridgehead atoms. The van der Waals surface area contributed by atoms with Crippen LogP contribution in [0.25, 0.3) is 0 Å². The van der Waals surface area contributed by atoms with Crippen LogP contribution >= 0.6 is 0 Å². The molecule has 1 rings (SSSR count). The predicted octanol–water partition coefficient (Wildman–Crippen LogP) is 1.89.